The van der Waals surface area contributed by atoms with Gasteiger partial charge in [-0.1, -0.05) is 18.5 Å². The summed E-state index contributed by atoms with van der Waals surface area (Å²) in [5.41, 5.74) is 0.438. The average molecular weight is 293 g/mol. The molecule has 1 aromatic carbocycles. The van der Waals surface area contributed by atoms with Crippen LogP contribution < -0.4 is 14.8 Å². The first-order chi connectivity index (χ1) is 8.48. The highest BCUT2D eigenvalue weighted by Crippen LogP contribution is 2.27. The predicted molar refractivity (Wildman–Crippen MR) is 74.0 cm³/mol. The van der Waals surface area contributed by atoms with Crippen LogP contribution in [0.2, 0.25) is 5.02 Å². The molecule has 0 fully saturated rings. The summed E-state index contributed by atoms with van der Waals surface area (Å²) in [5.74, 6) is 0.453. The zero-order valence-electron chi connectivity index (χ0n) is 10.4. The van der Waals surface area contributed by atoms with E-state index >= 15 is 0 Å². The molecule has 0 amide bonds. The van der Waals surface area contributed by atoms with Crippen molar-refractivity contribution in [2.45, 2.75) is 6.92 Å². The van der Waals surface area contributed by atoms with Gasteiger partial charge in [-0.25, -0.2) is 8.42 Å². The summed E-state index contributed by atoms with van der Waals surface area (Å²) < 4.78 is 31.0. The molecule has 0 aliphatic carbocycles. The molecule has 2 N–H and O–H groups in total. The van der Waals surface area contributed by atoms with Gasteiger partial charge in [-0.2, -0.15) is 0 Å². The molecular weight excluding hydrogens is 276 g/mol. The molecule has 18 heavy (non-hydrogen) atoms. The summed E-state index contributed by atoms with van der Waals surface area (Å²) in [6.07, 6.45) is 0. The SMILES string of the molecule is CCNCCS(=O)(=O)Nc1ccc(Cl)c(OC)c1. The van der Waals surface area contributed by atoms with Gasteiger partial charge in [-0.15, -0.1) is 0 Å². The second-order valence-electron chi connectivity index (χ2n) is 3.62. The highest BCUT2D eigenvalue weighted by Gasteiger charge is 2.11. The van der Waals surface area contributed by atoms with E-state index in [9.17, 15) is 8.42 Å². The minimum atomic E-state index is -3.36. The molecule has 0 atom stereocenters. The van der Waals surface area contributed by atoms with Crippen molar-refractivity contribution in [1.82, 2.24) is 5.32 Å². The second-order valence-corrected chi connectivity index (χ2v) is 5.87. The number of anilines is 1. The highest BCUT2D eigenvalue weighted by molar-refractivity contribution is 7.92. The fourth-order valence-electron chi connectivity index (χ4n) is 1.34. The molecule has 0 saturated carbocycles. The molecule has 0 spiro atoms. The first kappa shape index (κ1) is 15.1. The average Bonchev–Trinajstić information content (AvgIpc) is 2.31. The van der Waals surface area contributed by atoms with E-state index in [2.05, 4.69) is 10.0 Å². The fraction of sp³-hybridized carbons (Fsp3) is 0.455. The number of sulfonamides is 1. The number of benzene rings is 1. The third-order valence-electron chi connectivity index (χ3n) is 2.22. The van der Waals surface area contributed by atoms with Crippen molar-refractivity contribution in [2.75, 3.05) is 30.7 Å². The Kier molecular flexibility index (Phi) is 5.71. The third-order valence-corrected chi connectivity index (χ3v) is 3.82. The van der Waals surface area contributed by atoms with E-state index in [4.69, 9.17) is 16.3 Å². The Labute approximate surface area is 113 Å². The van der Waals surface area contributed by atoms with Crippen molar-refractivity contribution >= 4 is 27.3 Å². The number of hydrogen-bond donors (Lipinski definition) is 2. The first-order valence-corrected chi connectivity index (χ1v) is 7.56. The standard InChI is InChI=1S/C11H17ClN2O3S/c1-3-13-6-7-18(15,16)14-9-4-5-10(12)11(8-9)17-2/h4-5,8,13-14H,3,6-7H2,1-2H3. The molecule has 1 rings (SSSR count). The van der Waals surface area contributed by atoms with Crippen molar-refractivity contribution in [1.29, 1.82) is 0 Å². The van der Waals surface area contributed by atoms with Crippen molar-refractivity contribution in [3.05, 3.63) is 23.2 Å². The Balaban J connectivity index is 2.72. The second kappa shape index (κ2) is 6.82. The van der Waals surface area contributed by atoms with Gasteiger partial charge in [-0.05, 0) is 18.7 Å². The molecule has 0 saturated heterocycles. The Morgan fingerprint density at radius 2 is 2.11 bits per heavy atom. The Morgan fingerprint density at radius 1 is 1.39 bits per heavy atom. The molecule has 7 heteroatoms. The molecule has 0 unspecified atom stereocenters. The molecule has 0 aliphatic heterocycles. The molecule has 0 aromatic heterocycles. The fourth-order valence-corrected chi connectivity index (χ4v) is 2.53. The molecule has 0 radical (unpaired) electrons. The summed E-state index contributed by atoms with van der Waals surface area (Å²) in [4.78, 5) is 0. The van der Waals surface area contributed by atoms with E-state index in [1.54, 1.807) is 18.2 Å². The van der Waals surface area contributed by atoms with Crippen LogP contribution in [0.5, 0.6) is 5.75 Å². The van der Waals surface area contributed by atoms with Crippen LogP contribution in [0, 0.1) is 0 Å². The minimum absolute atomic E-state index is 0.0196. The molecule has 5 nitrogen and oxygen atoms in total. The van der Waals surface area contributed by atoms with Crippen LogP contribution in [0.4, 0.5) is 5.69 Å². The van der Waals surface area contributed by atoms with Gasteiger partial charge in [0.25, 0.3) is 0 Å². The van der Waals surface area contributed by atoms with Crippen LogP contribution in [0.15, 0.2) is 18.2 Å². The van der Waals surface area contributed by atoms with Crippen molar-refractivity contribution < 1.29 is 13.2 Å². The number of hydrogen-bond acceptors (Lipinski definition) is 4. The van der Waals surface area contributed by atoms with Gasteiger partial charge < -0.3 is 10.1 Å². The van der Waals surface area contributed by atoms with Gasteiger partial charge in [0, 0.05) is 12.6 Å². The number of ether oxygens (including phenoxy) is 1. The molecule has 0 heterocycles. The lowest BCUT2D eigenvalue weighted by Crippen LogP contribution is -2.26. The van der Waals surface area contributed by atoms with Crippen LogP contribution in [0.3, 0.4) is 0 Å². The third kappa shape index (κ3) is 4.72. The largest absolute Gasteiger partial charge is 0.495 e. The summed E-state index contributed by atoms with van der Waals surface area (Å²) in [7, 11) is -1.88. The van der Waals surface area contributed by atoms with Crippen LogP contribution in [-0.2, 0) is 10.0 Å². The molecular formula is C11H17ClN2O3S. The molecule has 0 aliphatic rings. The smallest absolute Gasteiger partial charge is 0.233 e. The monoisotopic (exact) mass is 292 g/mol. The van der Waals surface area contributed by atoms with Gasteiger partial charge in [0.15, 0.2) is 0 Å². The lowest BCUT2D eigenvalue weighted by Gasteiger charge is -2.10. The van der Waals surface area contributed by atoms with Crippen molar-refractivity contribution in [3.63, 3.8) is 0 Å². The number of halogens is 1. The van der Waals surface area contributed by atoms with Gasteiger partial charge in [0.2, 0.25) is 10.0 Å². The van der Waals surface area contributed by atoms with E-state index in [0.717, 1.165) is 6.54 Å². The van der Waals surface area contributed by atoms with E-state index < -0.39 is 10.0 Å². The maximum atomic E-state index is 11.7. The lowest BCUT2D eigenvalue weighted by atomic mass is 10.3. The maximum absolute atomic E-state index is 11.7. The summed E-state index contributed by atoms with van der Waals surface area (Å²) >= 11 is 5.86. The van der Waals surface area contributed by atoms with Gasteiger partial charge in [0.05, 0.1) is 23.6 Å². The van der Waals surface area contributed by atoms with E-state index in [0.29, 0.717) is 23.0 Å². The van der Waals surface area contributed by atoms with Gasteiger partial charge in [-0.3, -0.25) is 4.72 Å². The molecule has 1 aromatic rings. The number of nitrogens with one attached hydrogen (secondary N) is 2. The normalized spacial score (nSPS) is 11.3. The van der Waals surface area contributed by atoms with Gasteiger partial charge in [0.1, 0.15) is 5.75 Å². The number of rotatable bonds is 7. The first-order valence-electron chi connectivity index (χ1n) is 5.53. The van der Waals surface area contributed by atoms with Crippen LogP contribution in [-0.4, -0.2) is 34.4 Å². The Morgan fingerprint density at radius 3 is 2.72 bits per heavy atom. The zero-order chi connectivity index (χ0) is 13.6. The van der Waals surface area contributed by atoms with Crippen molar-refractivity contribution in [2.24, 2.45) is 0 Å². The summed E-state index contributed by atoms with van der Waals surface area (Å²) in [6, 6.07) is 4.73. The zero-order valence-corrected chi connectivity index (χ0v) is 11.9. The van der Waals surface area contributed by atoms with Crippen LogP contribution >= 0.6 is 11.6 Å². The molecule has 102 valence electrons. The van der Waals surface area contributed by atoms with Gasteiger partial charge >= 0.3 is 0 Å². The van der Waals surface area contributed by atoms with E-state index in [1.807, 2.05) is 6.92 Å². The molecule has 0 bridgehead atoms. The summed E-state index contributed by atoms with van der Waals surface area (Å²) in [5, 5.41) is 3.39. The van der Waals surface area contributed by atoms with E-state index in [-0.39, 0.29) is 5.75 Å². The predicted octanol–water partition coefficient (Wildman–Crippen LogP) is 1.70. The maximum Gasteiger partial charge on any atom is 0.233 e. The minimum Gasteiger partial charge on any atom is -0.495 e. The van der Waals surface area contributed by atoms with Crippen LogP contribution in [0.1, 0.15) is 6.92 Å². The van der Waals surface area contributed by atoms with E-state index in [1.165, 1.54) is 7.11 Å². The van der Waals surface area contributed by atoms with Crippen molar-refractivity contribution in [3.8, 4) is 5.75 Å². The number of methoxy groups -OCH3 is 1. The topological polar surface area (TPSA) is 67.4 Å². The quantitative estimate of drug-likeness (QED) is 0.751. The lowest BCUT2D eigenvalue weighted by molar-refractivity contribution is 0.415. The Hall–Kier alpha value is -0.980. The Bertz CT molecular complexity index is 491. The van der Waals surface area contributed by atoms with Crippen LogP contribution in [0.25, 0.3) is 0 Å². The highest BCUT2D eigenvalue weighted by atomic mass is 35.5. The summed E-state index contributed by atoms with van der Waals surface area (Å²) in [6.45, 7) is 3.07.